The van der Waals surface area contributed by atoms with E-state index in [0.717, 1.165) is 28.7 Å². The van der Waals surface area contributed by atoms with Crippen molar-refractivity contribution in [2.24, 2.45) is 0 Å². The first kappa shape index (κ1) is 18.2. The molecule has 0 aliphatic heterocycles. The van der Waals surface area contributed by atoms with Gasteiger partial charge in [-0.05, 0) is 58.9 Å². The van der Waals surface area contributed by atoms with Gasteiger partial charge < -0.3 is 0 Å². The van der Waals surface area contributed by atoms with Crippen LogP contribution in [0.1, 0.15) is 48.9 Å². The third-order valence-electron chi connectivity index (χ3n) is 5.27. The fourth-order valence-corrected chi connectivity index (χ4v) is 3.42. The molecule has 0 N–H and O–H groups in total. The van der Waals surface area contributed by atoms with Crippen LogP contribution in [0.2, 0.25) is 0 Å². The molecule has 140 valence electrons. The van der Waals surface area contributed by atoms with Crippen LogP contribution in [0.3, 0.4) is 0 Å². The number of hydrogen-bond donors (Lipinski definition) is 0. The summed E-state index contributed by atoms with van der Waals surface area (Å²) in [6.45, 7) is 6.61. The summed E-state index contributed by atoms with van der Waals surface area (Å²) in [5.74, 6) is 0.543. The highest BCUT2D eigenvalue weighted by atomic mass is 15.0. The maximum Gasteiger partial charge on any atom is 0.100 e. The minimum atomic E-state index is 0.543. The summed E-state index contributed by atoms with van der Waals surface area (Å²) in [5, 5.41) is 0. The molecule has 0 radical (unpaired) electrons. The Balaban J connectivity index is 1.59. The number of nitrogens with zero attached hydrogens (tertiary/aromatic N) is 2. The van der Waals surface area contributed by atoms with Crippen LogP contribution in [0.15, 0.2) is 73.1 Å². The minimum absolute atomic E-state index is 0.543. The van der Waals surface area contributed by atoms with Gasteiger partial charge in [0.05, 0.1) is 11.0 Å². The van der Waals surface area contributed by atoms with E-state index in [1.165, 1.54) is 16.7 Å². The van der Waals surface area contributed by atoms with Gasteiger partial charge in [-0.2, -0.15) is 0 Å². The average Bonchev–Trinajstić information content (AvgIpc) is 3.16. The van der Waals surface area contributed by atoms with E-state index in [2.05, 4.69) is 109 Å². The molecule has 0 spiro atoms. The number of fused-ring (bicyclic) bond motifs is 1. The molecular formula is C26H26N2. The molecule has 4 rings (SSSR count). The second-order valence-electron chi connectivity index (χ2n) is 7.54. The lowest BCUT2D eigenvalue weighted by molar-refractivity contribution is 0.865. The number of imidazole rings is 1. The number of benzene rings is 3. The Hall–Kier alpha value is -3.13. The number of hydrogen-bond acceptors (Lipinski definition) is 1. The molecule has 0 unspecified atom stereocenters. The average molecular weight is 367 g/mol. The summed E-state index contributed by atoms with van der Waals surface area (Å²) in [7, 11) is 0. The lowest BCUT2D eigenvalue weighted by atomic mass is 10.0. The van der Waals surface area contributed by atoms with Crippen molar-refractivity contribution in [3.05, 3.63) is 95.3 Å². The van der Waals surface area contributed by atoms with Crippen LogP contribution in [0.4, 0.5) is 0 Å². The molecule has 0 amide bonds. The van der Waals surface area contributed by atoms with Gasteiger partial charge in [-0.15, -0.1) is 0 Å². The summed E-state index contributed by atoms with van der Waals surface area (Å²) < 4.78 is 2.15. The third kappa shape index (κ3) is 3.77. The van der Waals surface area contributed by atoms with Crippen molar-refractivity contribution < 1.29 is 0 Å². The summed E-state index contributed by atoms with van der Waals surface area (Å²) in [5.41, 5.74) is 8.38. The lowest BCUT2D eigenvalue weighted by Crippen LogP contribution is -1.93. The maximum atomic E-state index is 4.62. The van der Waals surface area contributed by atoms with E-state index in [9.17, 15) is 0 Å². The summed E-state index contributed by atoms with van der Waals surface area (Å²) in [6.07, 6.45) is 7.29. The first-order valence-corrected chi connectivity index (χ1v) is 9.98. The Kier molecular flexibility index (Phi) is 5.12. The normalized spacial score (nSPS) is 11.7. The smallest absolute Gasteiger partial charge is 0.100 e. The highest BCUT2D eigenvalue weighted by molar-refractivity contribution is 5.82. The predicted octanol–water partition coefficient (Wildman–Crippen LogP) is 6.88. The van der Waals surface area contributed by atoms with Crippen LogP contribution in [-0.2, 0) is 6.42 Å². The topological polar surface area (TPSA) is 17.8 Å². The SMILES string of the molecule is CCc1ccc(/C=C\c2ccc3c(c2)ncn3-c2ccc(C(C)C)cc2)cc1. The molecule has 0 fully saturated rings. The van der Waals surface area contributed by atoms with Gasteiger partial charge in [0.1, 0.15) is 6.33 Å². The summed E-state index contributed by atoms with van der Waals surface area (Å²) in [6, 6.07) is 23.9. The molecule has 0 aliphatic rings. The molecule has 0 saturated heterocycles. The van der Waals surface area contributed by atoms with E-state index in [-0.39, 0.29) is 0 Å². The highest BCUT2D eigenvalue weighted by Crippen LogP contribution is 2.22. The highest BCUT2D eigenvalue weighted by Gasteiger charge is 2.06. The van der Waals surface area contributed by atoms with Gasteiger partial charge in [0.25, 0.3) is 0 Å². The minimum Gasteiger partial charge on any atom is -0.299 e. The number of rotatable bonds is 5. The van der Waals surface area contributed by atoms with Crippen LogP contribution in [0, 0.1) is 0 Å². The first-order chi connectivity index (χ1) is 13.6. The Morgan fingerprint density at radius 2 is 1.54 bits per heavy atom. The first-order valence-electron chi connectivity index (χ1n) is 9.98. The fourth-order valence-electron chi connectivity index (χ4n) is 3.42. The summed E-state index contributed by atoms with van der Waals surface area (Å²) in [4.78, 5) is 4.62. The van der Waals surface area contributed by atoms with Gasteiger partial charge in [-0.1, -0.05) is 75.4 Å². The molecule has 2 nitrogen and oxygen atoms in total. The van der Waals surface area contributed by atoms with E-state index in [1.807, 2.05) is 6.33 Å². The molecule has 0 atom stereocenters. The molecule has 2 heteroatoms. The third-order valence-corrected chi connectivity index (χ3v) is 5.27. The van der Waals surface area contributed by atoms with Crippen molar-refractivity contribution in [3.63, 3.8) is 0 Å². The molecule has 0 bridgehead atoms. The summed E-state index contributed by atoms with van der Waals surface area (Å²) >= 11 is 0. The van der Waals surface area contributed by atoms with Gasteiger partial charge in [0, 0.05) is 5.69 Å². The van der Waals surface area contributed by atoms with E-state index in [1.54, 1.807) is 0 Å². The second kappa shape index (κ2) is 7.85. The van der Waals surface area contributed by atoms with Crippen molar-refractivity contribution in [1.82, 2.24) is 9.55 Å². The largest absolute Gasteiger partial charge is 0.299 e. The van der Waals surface area contributed by atoms with E-state index in [4.69, 9.17) is 0 Å². The molecule has 1 heterocycles. The van der Waals surface area contributed by atoms with E-state index in [0.29, 0.717) is 5.92 Å². The zero-order chi connectivity index (χ0) is 19.5. The molecule has 0 saturated carbocycles. The van der Waals surface area contributed by atoms with Gasteiger partial charge >= 0.3 is 0 Å². The van der Waals surface area contributed by atoms with Gasteiger partial charge in [0.2, 0.25) is 0 Å². The second-order valence-corrected chi connectivity index (χ2v) is 7.54. The van der Waals surface area contributed by atoms with Crippen molar-refractivity contribution in [1.29, 1.82) is 0 Å². The molecule has 1 aromatic heterocycles. The number of aromatic nitrogens is 2. The monoisotopic (exact) mass is 366 g/mol. The predicted molar refractivity (Wildman–Crippen MR) is 120 cm³/mol. The van der Waals surface area contributed by atoms with Crippen molar-refractivity contribution >= 4 is 23.2 Å². The number of aryl methyl sites for hydroxylation is 1. The van der Waals surface area contributed by atoms with Crippen molar-refractivity contribution in [2.75, 3.05) is 0 Å². The van der Waals surface area contributed by atoms with Crippen molar-refractivity contribution in [3.8, 4) is 5.69 Å². The Labute approximate surface area is 167 Å². The molecule has 0 aliphatic carbocycles. The van der Waals surface area contributed by atoms with Crippen LogP contribution < -0.4 is 0 Å². The fraction of sp³-hybridized carbons (Fsp3) is 0.192. The Morgan fingerprint density at radius 1 is 0.857 bits per heavy atom. The van der Waals surface area contributed by atoms with E-state index >= 15 is 0 Å². The van der Waals surface area contributed by atoms with Gasteiger partial charge in [-0.3, -0.25) is 4.57 Å². The molecule has 28 heavy (non-hydrogen) atoms. The Morgan fingerprint density at radius 3 is 2.21 bits per heavy atom. The van der Waals surface area contributed by atoms with E-state index < -0.39 is 0 Å². The molecule has 4 aromatic rings. The lowest BCUT2D eigenvalue weighted by Gasteiger charge is -2.08. The van der Waals surface area contributed by atoms with Gasteiger partial charge in [0.15, 0.2) is 0 Å². The van der Waals surface area contributed by atoms with Crippen LogP contribution in [0.5, 0.6) is 0 Å². The molecular weight excluding hydrogens is 340 g/mol. The molecule has 3 aromatic carbocycles. The van der Waals surface area contributed by atoms with Crippen LogP contribution in [-0.4, -0.2) is 9.55 Å². The zero-order valence-electron chi connectivity index (χ0n) is 16.8. The zero-order valence-corrected chi connectivity index (χ0v) is 16.8. The maximum absolute atomic E-state index is 4.62. The van der Waals surface area contributed by atoms with Crippen molar-refractivity contribution in [2.45, 2.75) is 33.1 Å². The quantitative estimate of drug-likeness (QED) is 0.352. The van der Waals surface area contributed by atoms with Crippen LogP contribution >= 0.6 is 0 Å². The standard InChI is InChI=1S/C26H26N2/c1-4-20-5-7-21(8-6-20)9-10-22-11-16-26-25(17-22)27-18-28(26)24-14-12-23(13-15-24)19(2)3/h5-19H,4H2,1-3H3/b10-9-. The van der Waals surface area contributed by atoms with Crippen LogP contribution in [0.25, 0.3) is 28.9 Å². The Bertz CT molecular complexity index is 1100. The van der Waals surface area contributed by atoms with Gasteiger partial charge in [-0.25, -0.2) is 4.98 Å².